The Hall–Kier alpha value is -2.88. The van der Waals surface area contributed by atoms with Gasteiger partial charge in [0.25, 0.3) is 0 Å². The number of β-lactam (4-membered cyclic amide) rings is 1. The molecule has 15 heteroatoms. The minimum absolute atomic E-state index is 0.00611. The summed E-state index contributed by atoms with van der Waals surface area (Å²) < 4.78 is 1.33. The van der Waals surface area contributed by atoms with Gasteiger partial charge < -0.3 is 31.1 Å². The van der Waals surface area contributed by atoms with Crippen LogP contribution in [-0.2, 0) is 25.7 Å². The second-order valence-electron chi connectivity index (χ2n) is 11.0. The van der Waals surface area contributed by atoms with Gasteiger partial charge in [-0.1, -0.05) is 13.8 Å². The van der Waals surface area contributed by atoms with Crippen LogP contribution in [0.15, 0.2) is 16.9 Å². The lowest BCUT2D eigenvalue weighted by Crippen LogP contribution is -2.62. The first-order chi connectivity index (χ1) is 18.6. The minimum atomic E-state index is -1.16. The van der Waals surface area contributed by atoms with Gasteiger partial charge in [-0.25, -0.2) is 9.48 Å². The van der Waals surface area contributed by atoms with Gasteiger partial charge in [0.05, 0.1) is 30.7 Å². The Morgan fingerprint density at radius 3 is 2.74 bits per heavy atom. The molecule has 4 aliphatic heterocycles. The van der Waals surface area contributed by atoms with E-state index in [2.05, 4.69) is 20.8 Å². The molecule has 39 heavy (non-hydrogen) atoms. The number of thioether (sulfide) groups is 1. The number of amides is 2. The highest BCUT2D eigenvalue weighted by Crippen LogP contribution is 2.53. The van der Waals surface area contributed by atoms with Crippen LogP contribution in [0, 0.1) is 17.8 Å². The molecule has 212 valence electrons. The van der Waals surface area contributed by atoms with Crippen LogP contribution in [0.4, 0.5) is 0 Å². The molecule has 0 aliphatic carbocycles. The van der Waals surface area contributed by atoms with Crippen molar-refractivity contribution in [3.8, 4) is 0 Å². The van der Waals surface area contributed by atoms with Gasteiger partial charge >= 0.3 is 5.97 Å². The van der Waals surface area contributed by atoms with Crippen LogP contribution in [0.25, 0.3) is 0 Å². The molecule has 8 atom stereocenters. The number of fused-ring (bicyclic) bond motifs is 1. The van der Waals surface area contributed by atoms with E-state index in [1.54, 1.807) is 4.90 Å². The van der Waals surface area contributed by atoms with Crippen molar-refractivity contribution < 1.29 is 29.4 Å². The molecule has 3 saturated heterocycles. The number of aliphatic carboxylic acids is 1. The molecule has 3 fully saturated rings. The normalized spacial score (nSPS) is 32.9. The molecule has 0 radical (unpaired) electrons. The number of carbonyl (C=O) groups excluding carboxylic acids is 3. The van der Waals surface area contributed by atoms with Crippen molar-refractivity contribution >= 4 is 35.3 Å². The predicted octanol–water partition coefficient (Wildman–Crippen LogP) is -1.57. The van der Waals surface area contributed by atoms with Crippen molar-refractivity contribution in [1.82, 2.24) is 35.3 Å². The standard InChI is InChI=1S/C24H34N8O6S/c1-11(3-15(34)8-30-10-27-28-29-30)18-19-12(2)21(20(24(37)38)32(19)23(18)36)39-16-5-17(26-6-16)22(35)31-7-13(25)4-14(31)9-33/h10-14,16-19,26,33H,3-9,25H2,1-2H3,(H,37,38)/t11-,12+,13-,14-,16-,17-,18+,19+/m0/s1. The molecule has 4 aliphatic rings. The second-order valence-corrected chi connectivity index (χ2v) is 12.4. The van der Waals surface area contributed by atoms with Gasteiger partial charge in [0.2, 0.25) is 11.8 Å². The van der Waals surface area contributed by atoms with Gasteiger partial charge in [-0.3, -0.25) is 14.4 Å². The maximum Gasteiger partial charge on any atom is 0.353 e. The zero-order valence-electron chi connectivity index (χ0n) is 21.8. The Morgan fingerprint density at radius 2 is 2.08 bits per heavy atom. The summed E-state index contributed by atoms with van der Waals surface area (Å²) in [7, 11) is 0. The second kappa shape index (κ2) is 10.9. The number of hydrogen-bond acceptors (Lipinski definition) is 11. The summed E-state index contributed by atoms with van der Waals surface area (Å²) in [4.78, 5) is 54.8. The smallest absolute Gasteiger partial charge is 0.353 e. The van der Waals surface area contributed by atoms with Crippen LogP contribution < -0.4 is 11.1 Å². The third kappa shape index (κ3) is 5.08. The van der Waals surface area contributed by atoms with E-state index in [9.17, 15) is 29.4 Å². The number of carboxylic acid groups (broad SMARTS) is 1. The van der Waals surface area contributed by atoms with Crippen LogP contribution in [0.2, 0.25) is 0 Å². The molecule has 5 N–H and O–H groups in total. The number of carboxylic acids is 1. The van der Waals surface area contributed by atoms with Gasteiger partial charge in [0.15, 0.2) is 5.78 Å². The number of likely N-dealkylation sites (tertiary alicyclic amines) is 1. The first kappa shape index (κ1) is 27.7. The van der Waals surface area contributed by atoms with Crippen LogP contribution in [0.3, 0.4) is 0 Å². The quantitative estimate of drug-likeness (QED) is 0.239. The van der Waals surface area contributed by atoms with E-state index in [4.69, 9.17) is 5.73 Å². The molecule has 0 unspecified atom stereocenters. The highest BCUT2D eigenvalue weighted by atomic mass is 32.2. The molecular weight excluding hydrogens is 528 g/mol. The molecule has 5 heterocycles. The van der Waals surface area contributed by atoms with Gasteiger partial charge in [-0.15, -0.1) is 16.9 Å². The van der Waals surface area contributed by atoms with Crippen molar-refractivity contribution in [3.05, 3.63) is 16.9 Å². The Kier molecular flexibility index (Phi) is 7.77. The van der Waals surface area contributed by atoms with Crippen LogP contribution in [0.1, 0.15) is 33.1 Å². The first-order valence-electron chi connectivity index (χ1n) is 13.2. The minimum Gasteiger partial charge on any atom is -0.477 e. The predicted molar refractivity (Wildman–Crippen MR) is 138 cm³/mol. The van der Waals surface area contributed by atoms with E-state index in [0.29, 0.717) is 30.8 Å². The van der Waals surface area contributed by atoms with Gasteiger partial charge in [0.1, 0.15) is 18.6 Å². The van der Waals surface area contributed by atoms with Crippen molar-refractivity contribution in [1.29, 1.82) is 0 Å². The molecule has 1 aromatic rings. The molecule has 0 aromatic carbocycles. The van der Waals surface area contributed by atoms with Gasteiger partial charge in [0, 0.05) is 41.6 Å². The average Bonchev–Trinajstić information content (AvgIpc) is 3.67. The Bertz CT molecular complexity index is 1180. The number of tetrazole rings is 1. The third-order valence-electron chi connectivity index (χ3n) is 8.31. The number of aliphatic hydroxyl groups excluding tert-OH is 1. The molecule has 2 amide bonds. The fourth-order valence-corrected chi connectivity index (χ4v) is 7.99. The van der Waals surface area contributed by atoms with Crippen molar-refractivity contribution in [2.24, 2.45) is 23.5 Å². The third-order valence-corrected chi connectivity index (χ3v) is 9.82. The lowest BCUT2D eigenvalue weighted by atomic mass is 9.73. The van der Waals surface area contributed by atoms with E-state index >= 15 is 0 Å². The van der Waals surface area contributed by atoms with Crippen molar-refractivity contribution in [2.75, 3.05) is 19.7 Å². The number of nitrogens with two attached hydrogens (primary N) is 1. The summed E-state index contributed by atoms with van der Waals surface area (Å²) in [5.74, 6) is -2.59. The monoisotopic (exact) mass is 562 g/mol. The molecule has 5 rings (SSSR count). The molecule has 0 spiro atoms. The summed E-state index contributed by atoms with van der Waals surface area (Å²) >= 11 is 1.42. The fourth-order valence-electron chi connectivity index (χ4n) is 6.51. The number of nitrogens with one attached hydrogen (secondary N) is 1. The maximum atomic E-state index is 13.2. The lowest BCUT2D eigenvalue weighted by Gasteiger charge is -2.47. The summed E-state index contributed by atoms with van der Waals surface area (Å²) in [5, 5.41) is 33.6. The van der Waals surface area contributed by atoms with E-state index in [-0.39, 0.29) is 78.1 Å². The first-order valence-corrected chi connectivity index (χ1v) is 14.1. The zero-order chi connectivity index (χ0) is 28.0. The number of carbonyl (C=O) groups is 4. The number of nitrogens with zero attached hydrogens (tertiary/aromatic N) is 6. The maximum absolute atomic E-state index is 13.2. The Balaban J connectivity index is 1.23. The van der Waals surface area contributed by atoms with Crippen molar-refractivity contribution in [2.45, 2.75) is 69.1 Å². The van der Waals surface area contributed by atoms with Crippen LogP contribution in [0.5, 0.6) is 0 Å². The summed E-state index contributed by atoms with van der Waals surface area (Å²) in [6, 6.07) is -1.21. The van der Waals surface area contributed by atoms with E-state index in [1.807, 2.05) is 13.8 Å². The van der Waals surface area contributed by atoms with Crippen LogP contribution in [-0.4, -0.2) is 113 Å². The summed E-state index contributed by atoms with van der Waals surface area (Å²) in [5.41, 5.74) is 6.01. The van der Waals surface area contributed by atoms with E-state index in [0.717, 1.165) is 0 Å². The molecule has 0 saturated carbocycles. The molecular formula is C24H34N8O6S. The highest BCUT2D eigenvalue weighted by molar-refractivity contribution is 8.03. The van der Waals surface area contributed by atoms with Gasteiger partial charge in [-0.2, -0.15) is 0 Å². The highest BCUT2D eigenvalue weighted by Gasteiger charge is 2.60. The van der Waals surface area contributed by atoms with Crippen LogP contribution >= 0.6 is 11.8 Å². The number of hydrogen-bond donors (Lipinski definition) is 4. The molecule has 0 bridgehead atoms. The SMILES string of the molecule is C[C@@H](CC(=O)Cn1cnnn1)[C@H]1C(=O)N2C(C(=O)O)=C(S[C@@H]3CN[C@H](C(=O)N4C[C@@H](N)C[C@H]4CO)C3)[C@H](C)[C@H]12. The fraction of sp³-hybridized carbons (Fsp3) is 0.708. The number of aliphatic hydroxyl groups is 1. The number of ketones is 1. The zero-order valence-corrected chi connectivity index (χ0v) is 22.7. The van der Waals surface area contributed by atoms with Crippen molar-refractivity contribution in [3.63, 3.8) is 0 Å². The number of aromatic nitrogens is 4. The lowest BCUT2D eigenvalue weighted by molar-refractivity contribution is -0.160. The topological polar surface area (TPSA) is 197 Å². The molecule has 1 aromatic heterocycles. The number of Topliss-reactive ketones (excluding diaryl/α,β-unsaturated/α-hetero) is 1. The van der Waals surface area contributed by atoms with Gasteiger partial charge in [-0.05, 0) is 29.2 Å². The Labute approximate surface area is 229 Å². The Morgan fingerprint density at radius 1 is 1.31 bits per heavy atom. The summed E-state index contributed by atoms with van der Waals surface area (Å²) in [6.07, 6.45) is 2.57. The summed E-state index contributed by atoms with van der Waals surface area (Å²) in [6.45, 7) is 4.56. The van der Waals surface area contributed by atoms with E-state index < -0.39 is 17.9 Å². The van der Waals surface area contributed by atoms with E-state index in [1.165, 1.54) is 27.7 Å². The largest absolute Gasteiger partial charge is 0.477 e. The number of rotatable bonds is 10. The molecule has 14 nitrogen and oxygen atoms in total. The average molecular weight is 563 g/mol.